The Morgan fingerprint density at radius 1 is 1.26 bits per heavy atom. The molecular formula is C20H29N3O2S2. The van der Waals surface area contributed by atoms with Crippen molar-refractivity contribution in [2.24, 2.45) is 0 Å². The Morgan fingerprint density at radius 2 is 2.04 bits per heavy atom. The van der Waals surface area contributed by atoms with Gasteiger partial charge in [0.1, 0.15) is 4.21 Å². The van der Waals surface area contributed by atoms with Gasteiger partial charge in [-0.1, -0.05) is 19.1 Å². The molecule has 0 saturated carbocycles. The van der Waals surface area contributed by atoms with Crippen LogP contribution in [-0.2, 0) is 22.9 Å². The quantitative estimate of drug-likeness (QED) is 0.765. The van der Waals surface area contributed by atoms with Crippen LogP contribution >= 0.6 is 11.3 Å². The summed E-state index contributed by atoms with van der Waals surface area (Å²) in [5.74, 6) is 0. The third kappa shape index (κ3) is 4.54. The monoisotopic (exact) mass is 407 g/mol. The lowest BCUT2D eigenvalue weighted by atomic mass is 9.96. The zero-order chi connectivity index (χ0) is 19.6. The first-order chi connectivity index (χ1) is 12.8. The Balaban J connectivity index is 1.78. The molecule has 0 saturated heterocycles. The van der Waals surface area contributed by atoms with Crippen LogP contribution in [-0.4, -0.2) is 47.6 Å². The molecule has 27 heavy (non-hydrogen) atoms. The van der Waals surface area contributed by atoms with Crippen LogP contribution in [0, 0.1) is 0 Å². The van der Waals surface area contributed by atoms with Crippen LogP contribution in [0.2, 0.25) is 0 Å². The summed E-state index contributed by atoms with van der Waals surface area (Å²) in [6.45, 7) is 3.47. The van der Waals surface area contributed by atoms with Crippen molar-refractivity contribution in [1.29, 1.82) is 0 Å². The number of thiophene rings is 1. The zero-order valence-corrected chi connectivity index (χ0v) is 18.2. The van der Waals surface area contributed by atoms with Crippen molar-refractivity contribution in [2.75, 3.05) is 39.1 Å². The van der Waals surface area contributed by atoms with Gasteiger partial charge in [-0.05, 0) is 62.7 Å². The van der Waals surface area contributed by atoms with Crippen molar-refractivity contribution in [3.63, 3.8) is 0 Å². The number of hydrogen-bond acceptors (Lipinski definition) is 5. The molecule has 1 aliphatic heterocycles. The predicted molar refractivity (Wildman–Crippen MR) is 113 cm³/mol. The minimum Gasteiger partial charge on any atom is -0.374 e. The Hall–Kier alpha value is -1.41. The highest BCUT2D eigenvalue weighted by Gasteiger charge is 2.23. The van der Waals surface area contributed by atoms with Gasteiger partial charge in [0, 0.05) is 36.7 Å². The van der Waals surface area contributed by atoms with Crippen LogP contribution in [0.4, 0.5) is 5.69 Å². The number of fused-ring (bicyclic) bond motifs is 1. The van der Waals surface area contributed by atoms with E-state index in [-0.39, 0.29) is 6.04 Å². The lowest BCUT2D eigenvalue weighted by Gasteiger charge is -2.30. The van der Waals surface area contributed by atoms with Gasteiger partial charge >= 0.3 is 0 Å². The average Bonchev–Trinajstić information content (AvgIpc) is 3.12. The highest BCUT2D eigenvalue weighted by molar-refractivity contribution is 7.91. The van der Waals surface area contributed by atoms with Gasteiger partial charge in [0.25, 0.3) is 0 Å². The molecule has 1 unspecified atom stereocenters. The zero-order valence-electron chi connectivity index (χ0n) is 16.5. The molecular weight excluding hydrogens is 378 g/mol. The van der Waals surface area contributed by atoms with Crippen LogP contribution in [0.15, 0.2) is 34.5 Å². The number of hydrogen-bond donors (Lipinski definition) is 1. The molecule has 1 aromatic heterocycles. The summed E-state index contributed by atoms with van der Waals surface area (Å²) in [5, 5.41) is 0. The lowest BCUT2D eigenvalue weighted by molar-refractivity contribution is 0.299. The molecule has 3 rings (SSSR count). The van der Waals surface area contributed by atoms with Crippen molar-refractivity contribution >= 4 is 27.0 Å². The van der Waals surface area contributed by atoms with E-state index in [1.807, 2.05) is 27.1 Å². The van der Waals surface area contributed by atoms with Crippen molar-refractivity contribution in [2.45, 2.75) is 36.4 Å². The van der Waals surface area contributed by atoms with E-state index < -0.39 is 10.0 Å². The summed E-state index contributed by atoms with van der Waals surface area (Å²) < 4.78 is 28.5. The fraction of sp³-hybridized carbons (Fsp3) is 0.500. The molecule has 0 bridgehead atoms. The molecule has 0 spiro atoms. The Bertz CT molecular complexity index is 890. The second-order valence-electron chi connectivity index (χ2n) is 7.32. The second-order valence-corrected chi connectivity index (χ2v) is 10.5. The van der Waals surface area contributed by atoms with Gasteiger partial charge in [0.2, 0.25) is 10.0 Å². The first-order valence-corrected chi connectivity index (χ1v) is 11.7. The molecule has 1 atom stereocenters. The Labute approximate surface area is 167 Å². The van der Waals surface area contributed by atoms with E-state index in [1.54, 1.807) is 6.07 Å². The van der Waals surface area contributed by atoms with Crippen LogP contribution < -0.4 is 9.62 Å². The van der Waals surface area contributed by atoms with Gasteiger partial charge in [-0.25, -0.2) is 13.1 Å². The van der Waals surface area contributed by atoms with Gasteiger partial charge in [-0.15, -0.1) is 11.3 Å². The molecule has 0 amide bonds. The van der Waals surface area contributed by atoms with Crippen LogP contribution in [0.25, 0.3) is 0 Å². The molecule has 148 valence electrons. The number of rotatable bonds is 7. The average molecular weight is 408 g/mol. The van der Waals surface area contributed by atoms with E-state index >= 15 is 0 Å². The fourth-order valence-electron chi connectivity index (χ4n) is 3.56. The van der Waals surface area contributed by atoms with E-state index in [9.17, 15) is 8.42 Å². The highest BCUT2D eigenvalue weighted by atomic mass is 32.2. The van der Waals surface area contributed by atoms with Crippen LogP contribution in [0.1, 0.15) is 35.4 Å². The van der Waals surface area contributed by atoms with Gasteiger partial charge in [0.05, 0.1) is 0 Å². The Morgan fingerprint density at radius 3 is 2.70 bits per heavy atom. The molecule has 1 aromatic carbocycles. The highest BCUT2D eigenvalue weighted by Crippen LogP contribution is 2.30. The first kappa shape index (κ1) is 20.3. The molecule has 2 aromatic rings. The van der Waals surface area contributed by atoms with E-state index in [2.05, 4.69) is 39.8 Å². The molecule has 5 nitrogen and oxygen atoms in total. The standard InChI is InChI=1S/C20H29N3O2S2/c1-5-17-9-11-20(26-17)27(24,25)21-14-19(22(2)3)16-8-10-18-15(13-16)7-6-12-23(18)4/h8-11,13,19,21H,5-7,12,14H2,1-4H3. The molecule has 2 heterocycles. The maximum absolute atomic E-state index is 12.7. The number of aryl methyl sites for hydroxylation is 2. The summed E-state index contributed by atoms with van der Waals surface area (Å²) in [4.78, 5) is 5.44. The van der Waals surface area contributed by atoms with Crippen LogP contribution in [0.5, 0.6) is 0 Å². The maximum atomic E-state index is 12.7. The molecule has 1 aliphatic rings. The third-order valence-corrected chi connectivity index (χ3v) is 8.32. The fourth-order valence-corrected chi connectivity index (χ4v) is 5.94. The van der Waals surface area contributed by atoms with E-state index in [4.69, 9.17) is 0 Å². The summed E-state index contributed by atoms with van der Waals surface area (Å²) in [6, 6.07) is 10.1. The number of anilines is 1. The molecule has 0 aliphatic carbocycles. The van der Waals surface area contributed by atoms with E-state index in [1.165, 1.54) is 22.6 Å². The number of nitrogens with zero attached hydrogens (tertiary/aromatic N) is 2. The maximum Gasteiger partial charge on any atom is 0.250 e. The summed E-state index contributed by atoms with van der Waals surface area (Å²) in [7, 11) is 2.63. The Kier molecular flexibility index (Phi) is 6.25. The predicted octanol–water partition coefficient (Wildman–Crippen LogP) is 3.27. The molecule has 0 fully saturated rings. The van der Waals surface area contributed by atoms with E-state index in [0.717, 1.165) is 36.2 Å². The third-order valence-electron chi connectivity index (χ3n) is 5.18. The number of likely N-dealkylation sites (N-methyl/N-ethyl adjacent to an activating group) is 1. The second kappa shape index (κ2) is 8.31. The van der Waals surface area contributed by atoms with Crippen molar-refractivity contribution in [3.8, 4) is 0 Å². The topological polar surface area (TPSA) is 52.7 Å². The number of nitrogens with one attached hydrogen (secondary N) is 1. The van der Waals surface area contributed by atoms with Crippen molar-refractivity contribution in [1.82, 2.24) is 9.62 Å². The first-order valence-electron chi connectivity index (χ1n) is 9.40. The van der Waals surface area contributed by atoms with Gasteiger partial charge in [-0.3, -0.25) is 0 Å². The smallest absolute Gasteiger partial charge is 0.250 e. The van der Waals surface area contributed by atoms with Gasteiger partial charge < -0.3 is 9.80 Å². The van der Waals surface area contributed by atoms with Crippen LogP contribution in [0.3, 0.4) is 0 Å². The largest absolute Gasteiger partial charge is 0.374 e. The number of sulfonamides is 1. The number of benzene rings is 1. The van der Waals surface area contributed by atoms with E-state index in [0.29, 0.717) is 10.8 Å². The SMILES string of the molecule is CCc1ccc(S(=O)(=O)NCC(c2ccc3c(c2)CCCN3C)N(C)C)s1. The molecule has 7 heteroatoms. The summed E-state index contributed by atoms with van der Waals surface area (Å²) >= 11 is 1.34. The molecule has 1 N–H and O–H groups in total. The normalized spacial score (nSPS) is 15.8. The lowest BCUT2D eigenvalue weighted by Crippen LogP contribution is -2.34. The van der Waals surface area contributed by atoms with Crippen molar-refractivity contribution in [3.05, 3.63) is 46.3 Å². The minimum atomic E-state index is -3.48. The van der Waals surface area contributed by atoms with Gasteiger partial charge in [0.15, 0.2) is 0 Å². The summed E-state index contributed by atoms with van der Waals surface area (Å²) in [6.07, 6.45) is 3.09. The summed E-state index contributed by atoms with van der Waals surface area (Å²) in [5.41, 5.74) is 3.78. The van der Waals surface area contributed by atoms with Gasteiger partial charge in [-0.2, -0.15) is 0 Å². The molecule has 0 radical (unpaired) electrons. The van der Waals surface area contributed by atoms with Crippen molar-refractivity contribution < 1.29 is 8.42 Å². The minimum absolute atomic E-state index is 0.0112.